The van der Waals surface area contributed by atoms with Gasteiger partial charge in [0.2, 0.25) is 0 Å². The Labute approximate surface area is 97.7 Å². The van der Waals surface area contributed by atoms with Gasteiger partial charge in [-0.1, -0.05) is 6.07 Å². The highest BCUT2D eigenvalue weighted by atomic mass is 19.4. The van der Waals surface area contributed by atoms with Crippen molar-refractivity contribution in [3.8, 4) is 5.75 Å². The monoisotopic (exact) mass is 265 g/mol. The minimum absolute atomic E-state index is 0.700. The van der Waals surface area contributed by atoms with E-state index in [2.05, 4.69) is 4.74 Å². The lowest BCUT2D eigenvalue weighted by atomic mass is 10.1. The van der Waals surface area contributed by atoms with Crippen molar-refractivity contribution in [3.05, 3.63) is 33.9 Å². The number of hydrogen-bond acceptors (Lipinski definition) is 4. The smallest absolute Gasteiger partial charge is 0.422 e. The maximum atomic E-state index is 11.9. The fourth-order valence-corrected chi connectivity index (χ4v) is 1.17. The summed E-state index contributed by atoms with van der Waals surface area (Å²) < 4.78 is 40.0. The Morgan fingerprint density at radius 1 is 1.44 bits per heavy atom. The summed E-state index contributed by atoms with van der Waals surface area (Å²) >= 11 is 0. The zero-order valence-electron chi connectivity index (χ0n) is 8.60. The molecular formula is C9H6F3NO5. The van der Waals surface area contributed by atoms with E-state index in [-0.39, 0.29) is 0 Å². The van der Waals surface area contributed by atoms with Gasteiger partial charge < -0.3 is 9.84 Å². The first-order valence-electron chi connectivity index (χ1n) is 4.42. The Kier molecular flexibility index (Phi) is 3.74. The first-order chi connectivity index (χ1) is 8.22. The quantitative estimate of drug-likeness (QED) is 0.666. The molecule has 9 heteroatoms. The second-order valence-electron chi connectivity index (χ2n) is 3.12. The number of nitro groups is 1. The summed E-state index contributed by atoms with van der Waals surface area (Å²) in [5.41, 5.74) is -1.74. The number of carboxylic acid groups (broad SMARTS) is 1. The van der Waals surface area contributed by atoms with Crippen molar-refractivity contribution in [3.63, 3.8) is 0 Å². The highest BCUT2D eigenvalue weighted by Crippen LogP contribution is 2.29. The summed E-state index contributed by atoms with van der Waals surface area (Å²) in [6.45, 7) is -1.73. The SMILES string of the molecule is O=C(O)c1c(OCC(F)(F)F)cccc1[N+](=O)[O-]. The molecule has 98 valence electrons. The fourth-order valence-electron chi connectivity index (χ4n) is 1.17. The maximum Gasteiger partial charge on any atom is 0.422 e. The van der Waals surface area contributed by atoms with E-state index in [0.29, 0.717) is 0 Å². The van der Waals surface area contributed by atoms with Gasteiger partial charge in [-0.15, -0.1) is 0 Å². The van der Waals surface area contributed by atoms with E-state index in [4.69, 9.17) is 5.11 Å². The molecule has 0 unspecified atom stereocenters. The lowest BCUT2D eigenvalue weighted by molar-refractivity contribution is -0.385. The van der Waals surface area contributed by atoms with E-state index < -0.39 is 40.7 Å². The van der Waals surface area contributed by atoms with Crippen molar-refractivity contribution in [2.24, 2.45) is 0 Å². The zero-order chi connectivity index (χ0) is 13.9. The number of halogens is 3. The molecule has 0 saturated carbocycles. The molecule has 0 aliphatic rings. The molecule has 0 aromatic heterocycles. The van der Waals surface area contributed by atoms with Crippen LogP contribution >= 0.6 is 0 Å². The standard InChI is InChI=1S/C9H6F3NO5/c10-9(11,12)4-18-6-3-1-2-5(13(16)17)7(6)8(14)15/h1-3H,4H2,(H,14,15). The number of hydrogen-bond donors (Lipinski definition) is 1. The summed E-state index contributed by atoms with van der Waals surface area (Å²) in [4.78, 5) is 20.3. The van der Waals surface area contributed by atoms with Gasteiger partial charge in [0.1, 0.15) is 5.75 Å². The predicted octanol–water partition coefficient (Wildman–Crippen LogP) is 2.23. The topological polar surface area (TPSA) is 89.7 Å². The van der Waals surface area contributed by atoms with E-state index in [1.165, 1.54) is 0 Å². The molecule has 0 bridgehead atoms. The fraction of sp³-hybridized carbons (Fsp3) is 0.222. The summed E-state index contributed by atoms with van der Waals surface area (Å²) in [6.07, 6.45) is -4.67. The molecule has 6 nitrogen and oxygen atoms in total. The Balaban J connectivity index is 3.15. The number of carbonyl (C=O) groups is 1. The largest absolute Gasteiger partial charge is 0.483 e. The second-order valence-corrected chi connectivity index (χ2v) is 3.12. The molecule has 1 aromatic rings. The molecule has 0 aliphatic carbocycles. The third-order valence-corrected chi connectivity index (χ3v) is 1.81. The van der Waals surface area contributed by atoms with Crippen molar-refractivity contribution < 1.29 is 32.7 Å². The molecule has 1 aromatic carbocycles. The Morgan fingerprint density at radius 2 is 2.06 bits per heavy atom. The summed E-state index contributed by atoms with van der Waals surface area (Å²) in [6, 6.07) is 2.82. The van der Waals surface area contributed by atoms with Crippen LogP contribution in [0, 0.1) is 10.1 Å². The molecule has 0 heterocycles. The average Bonchev–Trinajstić information content (AvgIpc) is 2.24. The summed E-state index contributed by atoms with van der Waals surface area (Å²) in [5, 5.41) is 19.3. The Morgan fingerprint density at radius 3 is 2.50 bits per heavy atom. The lowest BCUT2D eigenvalue weighted by Gasteiger charge is -2.11. The normalized spacial score (nSPS) is 11.1. The number of nitrogens with zero attached hydrogens (tertiary/aromatic N) is 1. The highest BCUT2D eigenvalue weighted by Gasteiger charge is 2.31. The van der Waals surface area contributed by atoms with E-state index >= 15 is 0 Å². The van der Waals surface area contributed by atoms with Crippen LogP contribution in [0.1, 0.15) is 10.4 Å². The van der Waals surface area contributed by atoms with Gasteiger partial charge >= 0.3 is 12.1 Å². The van der Waals surface area contributed by atoms with Gasteiger partial charge in [-0.2, -0.15) is 13.2 Å². The van der Waals surface area contributed by atoms with Crippen molar-refractivity contribution in [1.29, 1.82) is 0 Å². The number of alkyl halides is 3. The highest BCUT2D eigenvalue weighted by molar-refractivity contribution is 5.95. The van der Waals surface area contributed by atoms with Gasteiger partial charge in [0.25, 0.3) is 5.69 Å². The second kappa shape index (κ2) is 4.90. The average molecular weight is 265 g/mol. The van der Waals surface area contributed by atoms with Gasteiger partial charge in [-0.05, 0) is 6.07 Å². The molecule has 0 aliphatic heterocycles. The van der Waals surface area contributed by atoms with E-state index in [1.54, 1.807) is 0 Å². The van der Waals surface area contributed by atoms with Crippen molar-refractivity contribution in [1.82, 2.24) is 0 Å². The number of benzene rings is 1. The molecule has 1 rings (SSSR count). The molecule has 0 amide bonds. The molecule has 0 radical (unpaired) electrons. The van der Waals surface area contributed by atoms with Crippen LogP contribution in [0.4, 0.5) is 18.9 Å². The minimum Gasteiger partial charge on any atom is -0.483 e. The molecule has 0 spiro atoms. The number of ether oxygens (including phenoxy) is 1. The van der Waals surface area contributed by atoms with Gasteiger partial charge in [-0.3, -0.25) is 10.1 Å². The molecular weight excluding hydrogens is 259 g/mol. The number of rotatable bonds is 4. The predicted molar refractivity (Wildman–Crippen MR) is 51.6 cm³/mol. The van der Waals surface area contributed by atoms with Crippen molar-refractivity contribution in [2.75, 3.05) is 6.61 Å². The summed E-state index contributed by atoms with van der Waals surface area (Å²) in [7, 11) is 0. The van der Waals surface area contributed by atoms with Crippen LogP contribution in [0.15, 0.2) is 18.2 Å². The van der Waals surface area contributed by atoms with Gasteiger partial charge in [0, 0.05) is 6.07 Å². The molecule has 0 atom stereocenters. The van der Waals surface area contributed by atoms with Crippen LogP contribution in [-0.2, 0) is 0 Å². The third-order valence-electron chi connectivity index (χ3n) is 1.81. The van der Waals surface area contributed by atoms with E-state index in [1.807, 2.05) is 0 Å². The van der Waals surface area contributed by atoms with Crippen LogP contribution in [0.5, 0.6) is 5.75 Å². The van der Waals surface area contributed by atoms with E-state index in [9.17, 15) is 28.1 Å². The van der Waals surface area contributed by atoms with Crippen molar-refractivity contribution in [2.45, 2.75) is 6.18 Å². The van der Waals surface area contributed by atoms with Crippen LogP contribution in [0.2, 0.25) is 0 Å². The third kappa shape index (κ3) is 3.34. The molecule has 1 N–H and O–H groups in total. The van der Waals surface area contributed by atoms with E-state index in [0.717, 1.165) is 18.2 Å². The lowest BCUT2D eigenvalue weighted by Crippen LogP contribution is -2.20. The Hall–Kier alpha value is -2.32. The van der Waals surface area contributed by atoms with Crippen molar-refractivity contribution >= 4 is 11.7 Å². The van der Waals surface area contributed by atoms with Gasteiger partial charge in [-0.25, -0.2) is 4.79 Å². The molecule has 0 saturated heterocycles. The van der Waals surface area contributed by atoms with Crippen LogP contribution in [0.25, 0.3) is 0 Å². The van der Waals surface area contributed by atoms with Crippen LogP contribution in [-0.4, -0.2) is 28.8 Å². The number of carboxylic acids is 1. The first-order valence-corrected chi connectivity index (χ1v) is 4.42. The zero-order valence-corrected chi connectivity index (χ0v) is 8.60. The van der Waals surface area contributed by atoms with Crippen LogP contribution in [0.3, 0.4) is 0 Å². The summed E-state index contributed by atoms with van der Waals surface area (Å²) in [5.74, 6) is -2.44. The molecule has 18 heavy (non-hydrogen) atoms. The van der Waals surface area contributed by atoms with Gasteiger partial charge in [0.05, 0.1) is 4.92 Å². The Bertz CT molecular complexity index is 486. The molecule has 0 fully saturated rings. The first kappa shape index (κ1) is 13.7. The maximum absolute atomic E-state index is 11.9. The van der Waals surface area contributed by atoms with Gasteiger partial charge in [0.15, 0.2) is 12.2 Å². The van der Waals surface area contributed by atoms with Crippen LogP contribution < -0.4 is 4.74 Å². The number of aromatic carboxylic acids is 1. The minimum atomic E-state index is -4.67. The number of nitro benzene ring substituents is 1.